The fourth-order valence-corrected chi connectivity index (χ4v) is 3.80. The van der Waals surface area contributed by atoms with Crippen molar-refractivity contribution in [2.75, 3.05) is 12.1 Å². The lowest BCUT2D eigenvalue weighted by Gasteiger charge is -2.29. The van der Waals surface area contributed by atoms with Crippen molar-refractivity contribution in [2.24, 2.45) is 0 Å². The molecule has 0 saturated carbocycles. The summed E-state index contributed by atoms with van der Waals surface area (Å²) in [6.07, 6.45) is -0.246. The van der Waals surface area contributed by atoms with Gasteiger partial charge in [0.1, 0.15) is 29.2 Å². The third kappa shape index (κ3) is 3.03. The van der Waals surface area contributed by atoms with Crippen LogP contribution in [0.15, 0.2) is 30.3 Å². The molecule has 5 rings (SSSR count). The lowest BCUT2D eigenvalue weighted by atomic mass is 9.93. The topological polar surface area (TPSA) is 112 Å². The zero-order valence-electron chi connectivity index (χ0n) is 15.8. The van der Waals surface area contributed by atoms with Gasteiger partial charge in [-0.1, -0.05) is 6.07 Å². The number of hydrogen-bond donors (Lipinski definition) is 1. The van der Waals surface area contributed by atoms with E-state index in [1.807, 2.05) is 13.8 Å². The third-order valence-electron chi connectivity index (χ3n) is 5.26. The van der Waals surface area contributed by atoms with E-state index in [0.717, 1.165) is 0 Å². The summed E-state index contributed by atoms with van der Waals surface area (Å²) in [5, 5.41) is 14.2. The number of carbonyl (C=O) groups excluding carboxylic acids is 1. The van der Waals surface area contributed by atoms with E-state index in [4.69, 9.17) is 18.9 Å². The Bertz CT molecular complexity index is 1050. The average Bonchev–Trinajstić information content (AvgIpc) is 3.34. The van der Waals surface area contributed by atoms with Crippen LogP contribution < -0.4 is 19.5 Å². The SMILES string of the molecule is CC1(C)Oc2cc([N+](=O)[O-])c(NC(=O)Cc3ccc4c(c3)OCO4)cc2C2OC21. The average molecular weight is 398 g/mol. The van der Waals surface area contributed by atoms with Crippen LogP contribution in [0.4, 0.5) is 11.4 Å². The predicted octanol–water partition coefficient (Wildman–Crippen LogP) is 3.12. The Kier molecular flexibility index (Phi) is 3.72. The number of nitrogens with one attached hydrogen (secondary N) is 1. The molecule has 0 radical (unpaired) electrons. The predicted molar refractivity (Wildman–Crippen MR) is 100 cm³/mol. The highest BCUT2D eigenvalue weighted by Crippen LogP contribution is 2.55. The second-order valence-electron chi connectivity index (χ2n) is 7.76. The number of fused-ring (bicyclic) bond motifs is 4. The van der Waals surface area contributed by atoms with Crippen molar-refractivity contribution in [3.8, 4) is 17.2 Å². The normalized spacial score (nSPS) is 22.1. The quantitative estimate of drug-likeness (QED) is 0.478. The van der Waals surface area contributed by atoms with Crippen LogP contribution in [0, 0.1) is 10.1 Å². The molecule has 1 N–H and O–H groups in total. The summed E-state index contributed by atoms with van der Waals surface area (Å²) in [5.41, 5.74) is 0.756. The minimum atomic E-state index is -0.560. The first-order valence-corrected chi connectivity index (χ1v) is 9.17. The van der Waals surface area contributed by atoms with E-state index in [0.29, 0.717) is 28.4 Å². The Morgan fingerprint density at radius 1 is 1.21 bits per heavy atom. The molecule has 1 saturated heterocycles. The Balaban J connectivity index is 1.40. The van der Waals surface area contributed by atoms with E-state index in [1.165, 1.54) is 6.07 Å². The van der Waals surface area contributed by atoms with E-state index in [1.54, 1.807) is 24.3 Å². The molecule has 0 aromatic heterocycles. The summed E-state index contributed by atoms with van der Waals surface area (Å²) >= 11 is 0. The number of nitrogens with zero attached hydrogens (tertiary/aromatic N) is 1. The number of ether oxygens (including phenoxy) is 4. The number of amides is 1. The summed E-state index contributed by atoms with van der Waals surface area (Å²) in [6.45, 7) is 3.91. The van der Waals surface area contributed by atoms with Gasteiger partial charge in [0.25, 0.3) is 5.69 Å². The Labute approximate surface area is 165 Å². The molecule has 3 heterocycles. The molecule has 2 aromatic carbocycles. The number of carbonyl (C=O) groups is 1. The van der Waals surface area contributed by atoms with E-state index < -0.39 is 10.5 Å². The first-order chi connectivity index (χ1) is 13.8. The van der Waals surface area contributed by atoms with Crippen molar-refractivity contribution in [2.45, 2.75) is 38.1 Å². The Morgan fingerprint density at radius 2 is 2.00 bits per heavy atom. The Morgan fingerprint density at radius 3 is 2.79 bits per heavy atom. The third-order valence-corrected chi connectivity index (χ3v) is 5.26. The molecule has 1 fully saturated rings. The Hall–Kier alpha value is -3.33. The van der Waals surface area contributed by atoms with E-state index >= 15 is 0 Å². The fraction of sp³-hybridized carbons (Fsp3) is 0.350. The molecule has 3 aliphatic rings. The molecule has 9 nitrogen and oxygen atoms in total. The van der Waals surface area contributed by atoms with Crippen molar-refractivity contribution in [3.63, 3.8) is 0 Å². The first-order valence-electron chi connectivity index (χ1n) is 9.17. The summed E-state index contributed by atoms with van der Waals surface area (Å²) in [4.78, 5) is 23.6. The van der Waals surface area contributed by atoms with Gasteiger partial charge in [0.2, 0.25) is 12.7 Å². The number of nitro groups is 1. The van der Waals surface area contributed by atoms with Crippen LogP contribution >= 0.6 is 0 Å². The van der Waals surface area contributed by atoms with Gasteiger partial charge < -0.3 is 24.3 Å². The van der Waals surface area contributed by atoms with Gasteiger partial charge in [0.15, 0.2) is 11.5 Å². The number of anilines is 1. The largest absolute Gasteiger partial charge is 0.484 e. The van der Waals surface area contributed by atoms with Crippen LogP contribution in [0.2, 0.25) is 0 Å². The van der Waals surface area contributed by atoms with Gasteiger partial charge in [0, 0.05) is 5.56 Å². The second-order valence-corrected chi connectivity index (χ2v) is 7.76. The summed E-state index contributed by atoms with van der Waals surface area (Å²) in [5.74, 6) is 1.24. The molecule has 0 spiro atoms. The lowest BCUT2D eigenvalue weighted by molar-refractivity contribution is -0.384. The molecule has 3 aliphatic heterocycles. The number of hydrogen-bond acceptors (Lipinski definition) is 7. The summed E-state index contributed by atoms with van der Waals surface area (Å²) in [6, 6.07) is 8.14. The maximum atomic E-state index is 12.6. The van der Waals surface area contributed by atoms with Crippen molar-refractivity contribution in [1.82, 2.24) is 0 Å². The highest BCUT2D eigenvalue weighted by Gasteiger charge is 2.57. The lowest BCUT2D eigenvalue weighted by Crippen LogP contribution is -2.37. The standard InChI is InChI=1S/C20H18N2O7/c1-20(2)19-18(28-19)11-7-12(13(22(24)25)8-15(11)29-20)21-17(23)6-10-3-4-14-16(5-10)27-9-26-14/h3-5,7-8,18-19H,6,9H2,1-2H3,(H,21,23). The van der Waals surface area contributed by atoms with Crippen LogP contribution in [-0.4, -0.2) is 29.3 Å². The van der Waals surface area contributed by atoms with E-state index in [9.17, 15) is 14.9 Å². The molecule has 0 bridgehead atoms. The van der Waals surface area contributed by atoms with Crippen LogP contribution in [0.1, 0.15) is 31.1 Å². The molecule has 150 valence electrons. The van der Waals surface area contributed by atoms with Crippen molar-refractivity contribution in [1.29, 1.82) is 0 Å². The van der Waals surface area contributed by atoms with Gasteiger partial charge in [0.05, 0.1) is 17.4 Å². The van der Waals surface area contributed by atoms with Crippen LogP contribution in [0.25, 0.3) is 0 Å². The maximum Gasteiger partial charge on any atom is 0.296 e. The zero-order chi connectivity index (χ0) is 20.3. The van der Waals surface area contributed by atoms with E-state index in [-0.39, 0.29) is 42.7 Å². The van der Waals surface area contributed by atoms with Crippen LogP contribution in [0.5, 0.6) is 17.2 Å². The number of rotatable bonds is 4. The summed E-state index contributed by atoms with van der Waals surface area (Å²) in [7, 11) is 0. The number of nitro benzene ring substituents is 1. The smallest absolute Gasteiger partial charge is 0.296 e. The molecule has 9 heteroatoms. The maximum absolute atomic E-state index is 12.6. The van der Waals surface area contributed by atoms with Gasteiger partial charge in [-0.2, -0.15) is 0 Å². The van der Waals surface area contributed by atoms with Gasteiger partial charge in [-0.05, 0) is 37.6 Å². The molecular formula is C20H18N2O7. The first kappa shape index (κ1) is 17.7. The van der Waals surface area contributed by atoms with Crippen LogP contribution in [0.3, 0.4) is 0 Å². The fourth-order valence-electron chi connectivity index (χ4n) is 3.80. The minimum absolute atomic E-state index is 0.0387. The molecule has 1 amide bonds. The van der Waals surface area contributed by atoms with Gasteiger partial charge in [-0.15, -0.1) is 0 Å². The summed E-state index contributed by atoms with van der Waals surface area (Å²) < 4.78 is 22.1. The second kappa shape index (κ2) is 6.08. The monoisotopic (exact) mass is 398 g/mol. The molecule has 2 unspecified atom stereocenters. The van der Waals surface area contributed by atoms with Crippen molar-refractivity contribution in [3.05, 3.63) is 51.6 Å². The molecule has 29 heavy (non-hydrogen) atoms. The van der Waals surface area contributed by atoms with Crippen molar-refractivity contribution >= 4 is 17.3 Å². The molecule has 2 atom stereocenters. The van der Waals surface area contributed by atoms with Gasteiger partial charge >= 0.3 is 0 Å². The van der Waals surface area contributed by atoms with Crippen LogP contribution in [-0.2, 0) is 16.0 Å². The number of benzene rings is 2. The molecular weight excluding hydrogens is 380 g/mol. The highest BCUT2D eigenvalue weighted by atomic mass is 16.7. The minimum Gasteiger partial charge on any atom is -0.484 e. The number of epoxide rings is 1. The highest BCUT2D eigenvalue weighted by molar-refractivity contribution is 5.95. The zero-order valence-corrected chi connectivity index (χ0v) is 15.8. The van der Waals surface area contributed by atoms with Gasteiger partial charge in [-0.25, -0.2) is 0 Å². The van der Waals surface area contributed by atoms with E-state index in [2.05, 4.69) is 5.32 Å². The van der Waals surface area contributed by atoms with Gasteiger partial charge in [-0.3, -0.25) is 14.9 Å². The van der Waals surface area contributed by atoms with Crippen molar-refractivity contribution < 1.29 is 28.7 Å². The molecule has 0 aliphatic carbocycles. The molecule has 2 aromatic rings.